The van der Waals surface area contributed by atoms with Gasteiger partial charge in [-0.1, -0.05) is 11.6 Å². The van der Waals surface area contributed by atoms with Crippen LogP contribution >= 0.6 is 11.6 Å². The first kappa shape index (κ1) is 15.0. The van der Waals surface area contributed by atoms with Gasteiger partial charge in [0.05, 0.1) is 7.11 Å². The van der Waals surface area contributed by atoms with Crippen molar-refractivity contribution in [1.82, 2.24) is 15.2 Å². The molecule has 0 saturated carbocycles. The predicted octanol–water partition coefficient (Wildman–Crippen LogP) is 0.806. The van der Waals surface area contributed by atoms with E-state index in [1.165, 1.54) is 17.9 Å². The van der Waals surface area contributed by atoms with E-state index in [1.54, 1.807) is 25.1 Å². The summed E-state index contributed by atoms with van der Waals surface area (Å²) in [4.78, 5) is 23.4. The monoisotopic (exact) mass is 308 g/mol. The molecule has 3 N–H and O–H groups in total. The summed E-state index contributed by atoms with van der Waals surface area (Å²) in [6.45, 7) is 1.68. The third-order valence-corrected chi connectivity index (χ3v) is 3.06. The van der Waals surface area contributed by atoms with Gasteiger partial charge in [-0.3, -0.25) is 15.0 Å². The summed E-state index contributed by atoms with van der Waals surface area (Å²) in [6, 6.07) is 6.24. The summed E-state index contributed by atoms with van der Waals surface area (Å²) in [6.07, 6.45) is 0. The maximum Gasteiger partial charge on any atom is 0.289 e. The molecule has 0 atom stereocenters. The molecule has 0 fully saturated rings. The fourth-order valence-corrected chi connectivity index (χ4v) is 2.01. The van der Waals surface area contributed by atoms with Crippen molar-refractivity contribution in [2.24, 2.45) is 5.84 Å². The lowest BCUT2D eigenvalue weighted by atomic mass is 10.2. The molecule has 21 heavy (non-hydrogen) atoms. The van der Waals surface area contributed by atoms with E-state index in [0.29, 0.717) is 22.2 Å². The molecule has 1 amide bonds. The van der Waals surface area contributed by atoms with Gasteiger partial charge in [0.1, 0.15) is 11.4 Å². The lowest BCUT2D eigenvalue weighted by Gasteiger charge is -2.14. The number of nitrogen functional groups attached to an aromatic ring is 1. The van der Waals surface area contributed by atoms with Gasteiger partial charge in [0.15, 0.2) is 5.69 Å². The first-order valence-electron chi connectivity index (χ1n) is 5.93. The molecule has 0 aliphatic carbocycles. The number of benzene rings is 1. The Labute approximate surface area is 125 Å². The zero-order valence-corrected chi connectivity index (χ0v) is 12.1. The maximum absolute atomic E-state index is 11.8. The first-order valence-corrected chi connectivity index (χ1v) is 6.31. The smallest absolute Gasteiger partial charge is 0.289 e. The van der Waals surface area contributed by atoms with Crippen molar-refractivity contribution in [2.45, 2.75) is 6.92 Å². The number of nitrogens with zero attached hydrogens (tertiary/aromatic N) is 2. The number of hydrogen-bond acceptors (Lipinski definition) is 5. The summed E-state index contributed by atoms with van der Waals surface area (Å²) < 4.78 is 6.64. The van der Waals surface area contributed by atoms with Gasteiger partial charge in [-0.15, -0.1) is 0 Å². The van der Waals surface area contributed by atoms with Crippen molar-refractivity contribution in [2.75, 3.05) is 7.11 Å². The highest BCUT2D eigenvalue weighted by molar-refractivity contribution is 6.30. The van der Waals surface area contributed by atoms with Crippen LogP contribution in [0.2, 0.25) is 5.02 Å². The molecule has 0 aliphatic heterocycles. The molecule has 7 nitrogen and oxygen atoms in total. The number of nitrogens with one attached hydrogen (secondary N) is 1. The van der Waals surface area contributed by atoms with Crippen LogP contribution in [0.3, 0.4) is 0 Å². The standard InChI is InChI=1S/C13H13ClN4O3/c1-7-5-10(19)12(13(20)16-15)17-18(7)9-6-8(14)3-4-11(9)21-2/h3-6H,15H2,1-2H3,(H,16,20). The zero-order valence-electron chi connectivity index (χ0n) is 11.4. The topological polar surface area (TPSA) is 99.2 Å². The van der Waals surface area contributed by atoms with Gasteiger partial charge >= 0.3 is 0 Å². The molecule has 1 heterocycles. The molecular formula is C13H13ClN4O3. The highest BCUT2D eigenvalue weighted by Gasteiger charge is 2.16. The molecule has 0 unspecified atom stereocenters. The summed E-state index contributed by atoms with van der Waals surface area (Å²) >= 11 is 5.98. The molecule has 0 bridgehead atoms. The van der Waals surface area contributed by atoms with Gasteiger partial charge in [0.25, 0.3) is 5.91 Å². The predicted molar refractivity (Wildman–Crippen MR) is 77.8 cm³/mol. The van der Waals surface area contributed by atoms with E-state index in [9.17, 15) is 9.59 Å². The van der Waals surface area contributed by atoms with Gasteiger partial charge in [-0.2, -0.15) is 5.10 Å². The second-order valence-corrected chi connectivity index (χ2v) is 4.64. The molecule has 0 aliphatic rings. The Morgan fingerprint density at radius 1 is 1.43 bits per heavy atom. The summed E-state index contributed by atoms with van der Waals surface area (Å²) in [5, 5.41) is 4.50. The van der Waals surface area contributed by atoms with Gasteiger partial charge in [-0.05, 0) is 25.1 Å². The molecule has 0 radical (unpaired) electrons. The van der Waals surface area contributed by atoms with Crippen LogP contribution in [-0.4, -0.2) is 22.8 Å². The molecule has 2 aromatic rings. The quantitative estimate of drug-likeness (QED) is 0.496. The van der Waals surface area contributed by atoms with Gasteiger partial charge in [0.2, 0.25) is 5.43 Å². The first-order chi connectivity index (χ1) is 9.97. The van der Waals surface area contributed by atoms with Gasteiger partial charge in [-0.25, -0.2) is 10.5 Å². The normalized spacial score (nSPS) is 10.3. The third-order valence-electron chi connectivity index (χ3n) is 2.82. The van der Waals surface area contributed by atoms with Crippen LogP contribution in [0.4, 0.5) is 0 Å². The number of hydrogen-bond donors (Lipinski definition) is 2. The molecule has 8 heteroatoms. The summed E-state index contributed by atoms with van der Waals surface area (Å²) in [5.74, 6) is 4.78. The number of aromatic nitrogens is 2. The highest BCUT2D eigenvalue weighted by atomic mass is 35.5. The minimum Gasteiger partial charge on any atom is -0.494 e. The number of amides is 1. The number of carbonyl (C=O) groups excluding carboxylic acids is 1. The highest BCUT2D eigenvalue weighted by Crippen LogP contribution is 2.26. The lowest BCUT2D eigenvalue weighted by molar-refractivity contribution is 0.0945. The van der Waals surface area contributed by atoms with Gasteiger partial charge in [0, 0.05) is 16.8 Å². The SMILES string of the molecule is COc1ccc(Cl)cc1-n1nc(C(=O)NN)c(=O)cc1C. The van der Waals surface area contributed by atoms with Crippen molar-refractivity contribution in [3.8, 4) is 11.4 Å². The largest absolute Gasteiger partial charge is 0.494 e. The number of nitrogens with two attached hydrogens (primary N) is 1. The van der Waals surface area contributed by atoms with Crippen molar-refractivity contribution < 1.29 is 9.53 Å². The lowest BCUT2D eigenvalue weighted by Crippen LogP contribution is -2.36. The van der Waals surface area contributed by atoms with Crippen LogP contribution in [-0.2, 0) is 0 Å². The van der Waals surface area contributed by atoms with Crippen molar-refractivity contribution in [1.29, 1.82) is 0 Å². The average molecular weight is 309 g/mol. The number of methoxy groups -OCH3 is 1. The van der Waals surface area contributed by atoms with E-state index in [2.05, 4.69) is 5.10 Å². The number of hydrazine groups is 1. The van der Waals surface area contributed by atoms with E-state index in [4.69, 9.17) is 22.2 Å². The Morgan fingerprint density at radius 3 is 2.76 bits per heavy atom. The maximum atomic E-state index is 11.8. The van der Waals surface area contributed by atoms with Crippen molar-refractivity contribution in [3.05, 3.63) is 50.9 Å². The third kappa shape index (κ3) is 2.88. The van der Waals surface area contributed by atoms with Crippen LogP contribution in [0.25, 0.3) is 5.69 Å². The molecule has 0 saturated heterocycles. The zero-order chi connectivity index (χ0) is 15.6. The van der Waals surface area contributed by atoms with E-state index < -0.39 is 11.3 Å². The number of ether oxygens (including phenoxy) is 1. The van der Waals surface area contributed by atoms with Crippen molar-refractivity contribution in [3.63, 3.8) is 0 Å². The second-order valence-electron chi connectivity index (χ2n) is 4.20. The van der Waals surface area contributed by atoms with Crippen LogP contribution in [0.5, 0.6) is 5.75 Å². The molecule has 1 aromatic heterocycles. The van der Waals surface area contributed by atoms with E-state index >= 15 is 0 Å². The Kier molecular flexibility index (Phi) is 4.25. The second kappa shape index (κ2) is 5.94. The molecule has 0 spiro atoms. The molecule has 110 valence electrons. The fraction of sp³-hybridized carbons (Fsp3) is 0.154. The number of carbonyl (C=O) groups is 1. The van der Waals surface area contributed by atoms with Crippen LogP contribution in [0, 0.1) is 6.92 Å². The molecule has 2 rings (SSSR count). The molecule has 1 aromatic carbocycles. The number of rotatable bonds is 3. The van der Waals surface area contributed by atoms with Crippen LogP contribution in [0.15, 0.2) is 29.1 Å². The minimum absolute atomic E-state index is 0.315. The van der Waals surface area contributed by atoms with E-state index in [-0.39, 0.29) is 5.69 Å². The number of aryl methyl sites for hydroxylation is 1. The Morgan fingerprint density at radius 2 is 2.14 bits per heavy atom. The number of halogens is 1. The van der Waals surface area contributed by atoms with Crippen LogP contribution < -0.4 is 21.4 Å². The Hall–Kier alpha value is -2.38. The van der Waals surface area contributed by atoms with E-state index in [0.717, 1.165) is 0 Å². The minimum atomic E-state index is -0.769. The summed E-state index contributed by atoms with van der Waals surface area (Å²) in [7, 11) is 1.50. The van der Waals surface area contributed by atoms with Crippen LogP contribution in [0.1, 0.15) is 16.2 Å². The Balaban J connectivity index is 2.72. The summed E-state index contributed by atoms with van der Waals surface area (Å²) in [5.41, 5.74) is 2.08. The van der Waals surface area contributed by atoms with Crippen molar-refractivity contribution >= 4 is 17.5 Å². The Bertz CT molecular complexity index is 758. The average Bonchev–Trinajstić information content (AvgIpc) is 2.46. The molecular weight excluding hydrogens is 296 g/mol. The fourth-order valence-electron chi connectivity index (χ4n) is 1.85. The van der Waals surface area contributed by atoms with E-state index in [1.807, 2.05) is 5.43 Å². The van der Waals surface area contributed by atoms with Gasteiger partial charge < -0.3 is 4.74 Å².